The van der Waals surface area contributed by atoms with Crippen molar-refractivity contribution in [2.45, 2.75) is 19.8 Å². The summed E-state index contributed by atoms with van der Waals surface area (Å²) >= 11 is 0. The summed E-state index contributed by atoms with van der Waals surface area (Å²) in [7, 11) is 2.45. The van der Waals surface area contributed by atoms with Gasteiger partial charge in [0, 0.05) is 24.1 Å². The Morgan fingerprint density at radius 3 is 2.16 bits per heavy atom. The summed E-state index contributed by atoms with van der Waals surface area (Å²) in [5.74, 6) is -0.868. The molecular formula is C22H21N3O6. The number of methoxy groups -OCH3 is 2. The maximum absolute atomic E-state index is 12.4. The van der Waals surface area contributed by atoms with Crippen molar-refractivity contribution in [3.05, 3.63) is 65.0 Å². The Kier molecular flexibility index (Phi) is 6.76. The van der Waals surface area contributed by atoms with E-state index < -0.39 is 11.9 Å². The standard InChI is InChI=1S/C22H21N3O6/c1-13-4-6-14(7-5-13)20-24-19(31-25-20)9-8-18(26)23-17-11-15(21(27)29-2)10-16(12-17)22(28)30-3/h4-7,10-12H,8-9H2,1-3H3,(H,23,26). The molecular weight excluding hydrogens is 402 g/mol. The molecule has 1 amide bonds. The van der Waals surface area contributed by atoms with Gasteiger partial charge in [-0.2, -0.15) is 4.98 Å². The van der Waals surface area contributed by atoms with Gasteiger partial charge in [0.05, 0.1) is 25.3 Å². The third-order valence-electron chi connectivity index (χ3n) is 4.40. The molecule has 0 spiro atoms. The second kappa shape index (κ2) is 9.66. The van der Waals surface area contributed by atoms with Crippen LogP contribution in [0.15, 0.2) is 47.0 Å². The second-order valence-corrected chi connectivity index (χ2v) is 6.71. The molecule has 160 valence electrons. The van der Waals surface area contributed by atoms with Crippen molar-refractivity contribution in [3.8, 4) is 11.4 Å². The van der Waals surface area contributed by atoms with E-state index in [4.69, 9.17) is 4.52 Å². The quantitative estimate of drug-likeness (QED) is 0.575. The lowest BCUT2D eigenvalue weighted by molar-refractivity contribution is -0.116. The molecule has 3 rings (SSSR count). The van der Waals surface area contributed by atoms with Crippen LogP contribution in [0, 0.1) is 6.92 Å². The van der Waals surface area contributed by atoms with Crippen molar-refractivity contribution in [3.63, 3.8) is 0 Å². The number of esters is 2. The number of nitrogens with zero attached hydrogens (tertiary/aromatic N) is 2. The van der Waals surface area contributed by atoms with Gasteiger partial charge in [0.1, 0.15) is 0 Å². The number of hydrogen-bond donors (Lipinski definition) is 1. The maximum Gasteiger partial charge on any atom is 0.337 e. The number of benzene rings is 2. The van der Waals surface area contributed by atoms with E-state index in [1.165, 1.54) is 32.4 Å². The van der Waals surface area contributed by atoms with E-state index in [2.05, 4.69) is 24.9 Å². The average molecular weight is 423 g/mol. The number of anilines is 1. The molecule has 9 heteroatoms. The summed E-state index contributed by atoms with van der Waals surface area (Å²) in [6, 6.07) is 11.8. The van der Waals surface area contributed by atoms with E-state index in [0.29, 0.717) is 11.7 Å². The summed E-state index contributed by atoms with van der Waals surface area (Å²) in [5.41, 5.74) is 2.43. The summed E-state index contributed by atoms with van der Waals surface area (Å²) in [5, 5.41) is 6.59. The minimum atomic E-state index is -0.643. The predicted octanol–water partition coefficient (Wildman–Crippen LogP) is 3.19. The van der Waals surface area contributed by atoms with Crippen LogP contribution in [-0.4, -0.2) is 42.2 Å². The summed E-state index contributed by atoms with van der Waals surface area (Å²) < 4.78 is 14.6. The first-order valence-corrected chi connectivity index (χ1v) is 9.41. The van der Waals surface area contributed by atoms with E-state index in [-0.39, 0.29) is 35.6 Å². The zero-order chi connectivity index (χ0) is 22.4. The van der Waals surface area contributed by atoms with Crippen molar-refractivity contribution >= 4 is 23.5 Å². The van der Waals surface area contributed by atoms with Crippen molar-refractivity contribution in [1.29, 1.82) is 0 Å². The monoisotopic (exact) mass is 423 g/mol. The van der Waals surface area contributed by atoms with Crippen LogP contribution in [0.5, 0.6) is 0 Å². The lowest BCUT2D eigenvalue weighted by atomic mass is 10.1. The number of rotatable bonds is 7. The van der Waals surface area contributed by atoms with E-state index in [9.17, 15) is 14.4 Å². The number of ether oxygens (including phenoxy) is 2. The van der Waals surface area contributed by atoms with Crippen molar-refractivity contribution < 1.29 is 28.4 Å². The number of carbonyl (C=O) groups excluding carboxylic acids is 3. The van der Waals surface area contributed by atoms with Gasteiger partial charge in [0.15, 0.2) is 0 Å². The molecule has 0 saturated carbocycles. The minimum absolute atomic E-state index is 0.0611. The molecule has 0 atom stereocenters. The molecule has 9 nitrogen and oxygen atoms in total. The number of nitrogens with one attached hydrogen (secondary N) is 1. The van der Waals surface area contributed by atoms with Gasteiger partial charge >= 0.3 is 11.9 Å². The van der Waals surface area contributed by atoms with Crippen LogP contribution in [0.3, 0.4) is 0 Å². The first-order valence-electron chi connectivity index (χ1n) is 9.41. The normalized spacial score (nSPS) is 10.4. The molecule has 3 aromatic rings. The number of amides is 1. The SMILES string of the molecule is COC(=O)c1cc(NC(=O)CCc2nc(-c3ccc(C)cc3)no2)cc(C(=O)OC)c1. The van der Waals surface area contributed by atoms with Crippen molar-refractivity contribution in [2.24, 2.45) is 0 Å². The van der Waals surface area contributed by atoms with Crippen LogP contribution < -0.4 is 5.32 Å². The van der Waals surface area contributed by atoms with Crippen molar-refractivity contribution in [1.82, 2.24) is 10.1 Å². The van der Waals surface area contributed by atoms with E-state index in [0.717, 1.165) is 11.1 Å². The van der Waals surface area contributed by atoms with Gasteiger partial charge in [-0.1, -0.05) is 35.0 Å². The summed E-state index contributed by atoms with van der Waals surface area (Å²) in [4.78, 5) is 40.4. The highest BCUT2D eigenvalue weighted by atomic mass is 16.5. The number of hydrogen-bond acceptors (Lipinski definition) is 8. The van der Waals surface area contributed by atoms with Crippen LogP contribution in [-0.2, 0) is 20.7 Å². The molecule has 0 bridgehead atoms. The van der Waals surface area contributed by atoms with Gasteiger partial charge in [0.2, 0.25) is 17.6 Å². The van der Waals surface area contributed by atoms with E-state index in [1.54, 1.807) is 0 Å². The molecule has 0 radical (unpaired) electrons. The Morgan fingerprint density at radius 1 is 0.968 bits per heavy atom. The molecule has 1 aromatic heterocycles. The zero-order valence-electron chi connectivity index (χ0n) is 17.3. The predicted molar refractivity (Wildman–Crippen MR) is 111 cm³/mol. The topological polar surface area (TPSA) is 121 Å². The highest BCUT2D eigenvalue weighted by Gasteiger charge is 2.16. The molecule has 0 aliphatic carbocycles. The molecule has 0 fully saturated rings. The van der Waals surface area contributed by atoms with Gasteiger partial charge in [-0.05, 0) is 25.1 Å². The Morgan fingerprint density at radius 2 is 1.58 bits per heavy atom. The minimum Gasteiger partial charge on any atom is -0.465 e. The number of carbonyl (C=O) groups is 3. The van der Waals surface area contributed by atoms with Crippen LogP contribution in [0.2, 0.25) is 0 Å². The van der Waals surface area contributed by atoms with Crippen LogP contribution in [0.1, 0.15) is 38.6 Å². The van der Waals surface area contributed by atoms with Crippen LogP contribution in [0.25, 0.3) is 11.4 Å². The first kappa shape index (κ1) is 21.7. The maximum atomic E-state index is 12.4. The Labute approximate surface area is 178 Å². The largest absolute Gasteiger partial charge is 0.465 e. The van der Waals surface area contributed by atoms with Crippen LogP contribution >= 0.6 is 0 Å². The van der Waals surface area contributed by atoms with Crippen LogP contribution in [0.4, 0.5) is 5.69 Å². The fraction of sp³-hybridized carbons (Fsp3) is 0.227. The Bertz CT molecular complexity index is 1070. The lowest BCUT2D eigenvalue weighted by Crippen LogP contribution is -2.14. The Balaban J connectivity index is 1.66. The molecule has 1 heterocycles. The third-order valence-corrected chi connectivity index (χ3v) is 4.40. The molecule has 31 heavy (non-hydrogen) atoms. The second-order valence-electron chi connectivity index (χ2n) is 6.71. The third kappa shape index (κ3) is 5.53. The number of aromatic nitrogens is 2. The van der Waals surface area contributed by atoms with Crippen molar-refractivity contribution in [2.75, 3.05) is 19.5 Å². The highest BCUT2D eigenvalue weighted by Crippen LogP contribution is 2.19. The van der Waals surface area contributed by atoms with E-state index >= 15 is 0 Å². The molecule has 0 saturated heterocycles. The molecule has 0 aliphatic rings. The summed E-state index contributed by atoms with van der Waals surface area (Å²) in [6.45, 7) is 1.99. The van der Waals surface area contributed by atoms with Gasteiger partial charge in [-0.15, -0.1) is 0 Å². The highest BCUT2D eigenvalue weighted by molar-refractivity contribution is 5.99. The fourth-order valence-corrected chi connectivity index (χ4v) is 2.79. The molecule has 0 unspecified atom stereocenters. The molecule has 2 aromatic carbocycles. The smallest absolute Gasteiger partial charge is 0.337 e. The molecule has 0 aliphatic heterocycles. The summed E-state index contributed by atoms with van der Waals surface area (Å²) in [6.07, 6.45) is 0.288. The first-order chi connectivity index (χ1) is 14.9. The van der Waals surface area contributed by atoms with Gasteiger partial charge in [-0.3, -0.25) is 4.79 Å². The lowest BCUT2D eigenvalue weighted by Gasteiger charge is -2.09. The van der Waals surface area contributed by atoms with Gasteiger partial charge in [-0.25, -0.2) is 9.59 Å². The van der Waals surface area contributed by atoms with Gasteiger partial charge in [0.25, 0.3) is 0 Å². The number of aryl methyl sites for hydroxylation is 2. The Hall–Kier alpha value is -4.01. The fourth-order valence-electron chi connectivity index (χ4n) is 2.79. The van der Waals surface area contributed by atoms with Gasteiger partial charge < -0.3 is 19.3 Å². The average Bonchev–Trinajstić information content (AvgIpc) is 3.26. The molecule has 1 N–H and O–H groups in total. The van der Waals surface area contributed by atoms with E-state index in [1.807, 2.05) is 31.2 Å². The zero-order valence-corrected chi connectivity index (χ0v) is 17.3.